The van der Waals surface area contributed by atoms with Crippen molar-refractivity contribution < 1.29 is 4.79 Å². The summed E-state index contributed by atoms with van der Waals surface area (Å²) in [6.07, 6.45) is 6.15. The number of imidazole rings is 1. The molecular formula is C24H25N5O2. The van der Waals surface area contributed by atoms with Crippen LogP contribution in [0, 0.1) is 25.2 Å². The Kier molecular flexibility index (Phi) is 5.72. The van der Waals surface area contributed by atoms with Crippen LogP contribution in [0.15, 0.2) is 35.3 Å². The number of anilines is 1. The van der Waals surface area contributed by atoms with E-state index in [4.69, 9.17) is 4.98 Å². The van der Waals surface area contributed by atoms with Crippen LogP contribution in [0.3, 0.4) is 0 Å². The minimum Gasteiger partial charge on any atom is -0.334 e. The smallest absolute Gasteiger partial charge is 0.266 e. The van der Waals surface area contributed by atoms with Crippen molar-refractivity contribution in [2.45, 2.75) is 52.5 Å². The number of aryl methyl sites for hydroxylation is 3. The molecule has 0 spiro atoms. The zero-order valence-electron chi connectivity index (χ0n) is 17.8. The maximum atomic E-state index is 12.6. The van der Waals surface area contributed by atoms with Crippen LogP contribution in [-0.2, 0) is 24.2 Å². The van der Waals surface area contributed by atoms with Gasteiger partial charge in [-0.05, 0) is 56.4 Å². The molecule has 1 aliphatic rings. The highest BCUT2D eigenvalue weighted by molar-refractivity contribution is 5.91. The predicted octanol–water partition coefficient (Wildman–Crippen LogP) is 3.63. The van der Waals surface area contributed by atoms with E-state index in [1.165, 1.54) is 12.8 Å². The fourth-order valence-electron chi connectivity index (χ4n) is 4.19. The first kappa shape index (κ1) is 20.6. The number of aromatic amines is 1. The highest BCUT2D eigenvalue weighted by Gasteiger charge is 2.15. The SMILES string of the molecule is Cc1[nH]c(=O)c(C#N)c(C)c1CCC(=O)Nc1cccc(-c2cn3c(n2)CCCC3)c1. The molecule has 3 aromatic rings. The summed E-state index contributed by atoms with van der Waals surface area (Å²) in [5.74, 6) is 1.00. The van der Waals surface area contributed by atoms with Crippen molar-refractivity contribution in [3.05, 3.63) is 69.0 Å². The fourth-order valence-corrected chi connectivity index (χ4v) is 4.19. The van der Waals surface area contributed by atoms with Crippen LogP contribution >= 0.6 is 0 Å². The number of nitrogens with one attached hydrogen (secondary N) is 2. The molecule has 3 heterocycles. The van der Waals surface area contributed by atoms with Crippen LogP contribution in [0.1, 0.15) is 47.5 Å². The molecule has 0 bridgehead atoms. The first-order valence-corrected chi connectivity index (χ1v) is 10.5. The number of pyridine rings is 1. The van der Waals surface area contributed by atoms with Gasteiger partial charge in [-0.3, -0.25) is 9.59 Å². The van der Waals surface area contributed by atoms with Gasteiger partial charge in [-0.25, -0.2) is 4.98 Å². The third kappa shape index (κ3) is 4.29. The number of aromatic nitrogens is 3. The highest BCUT2D eigenvalue weighted by atomic mass is 16.1. The van der Waals surface area contributed by atoms with Crippen molar-refractivity contribution >= 4 is 11.6 Å². The number of H-pyrrole nitrogens is 1. The molecule has 1 aliphatic heterocycles. The van der Waals surface area contributed by atoms with Gasteiger partial charge < -0.3 is 14.9 Å². The molecule has 0 fully saturated rings. The van der Waals surface area contributed by atoms with Gasteiger partial charge in [0.25, 0.3) is 5.56 Å². The monoisotopic (exact) mass is 415 g/mol. The Morgan fingerprint density at radius 1 is 1.32 bits per heavy atom. The van der Waals surface area contributed by atoms with E-state index in [0.717, 1.165) is 41.3 Å². The average Bonchev–Trinajstić information content (AvgIpc) is 3.18. The molecule has 0 saturated heterocycles. The Bertz CT molecular complexity index is 1220. The Balaban J connectivity index is 1.45. The van der Waals surface area contributed by atoms with E-state index >= 15 is 0 Å². The number of benzene rings is 1. The molecule has 2 aromatic heterocycles. The molecule has 0 unspecified atom stereocenters. The molecule has 0 aliphatic carbocycles. The summed E-state index contributed by atoms with van der Waals surface area (Å²) >= 11 is 0. The highest BCUT2D eigenvalue weighted by Crippen LogP contribution is 2.25. The molecule has 31 heavy (non-hydrogen) atoms. The topological polar surface area (TPSA) is 104 Å². The Hall–Kier alpha value is -3.66. The molecular weight excluding hydrogens is 390 g/mol. The van der Waals surface area contributed by atoms with Crippen LogP contribution in [0.25, 0.3) is 11.3 Å². The zero-order chi connectivity index (χ0) is 22.0. The van der Waals surface area contributed by atoms with Crippen LogP contribution in [0.4, 0.5) is 5.69 Å². The van der Waals surface area contributed by atoms with Crippen LogP contribution in [0.5, 0.6) is 0 Å². The van der Waals surface area contributed by atoms with Crippen molar-refractivity contribution in [3.63, 3.8) is 0 Å². The number of fused-ring (bicyclic) bond motifs is 1. The molecule has 7 heteroatoms. The van der Waals surface area contributed by atoms with Crippen molar-refractivity contribution in [2.24, 2.45) is 0 Å². The van der Waals surface area contributed by atoms with Gasteiger partial charge in [-0.1, -0.05) is 12.1 Å². The number of carbonyl (C=O) groups is 1. The molecule has 0 saturated carbocycles. The number of hydrogen-bond acceptors (Lipinski definition) is 4. The first-order chi connectivity index (χ1) is 15.0. The lowest BCUT2D eigenvalue weighted by Gasteiger charge is -2.11. The minimum absolute atomic E-state index is 0.108. The van der Waals surface area contributed by atoms with Gasteiger partial charge in [0.2, 0.25) is 5.91 Å². The standard InChI is InChI=1S/C24H25N5O2/c1-15-19(16(2)26-24(31)20(15)13-25)9-10-23(30)27-18-7-5-6-17(12-18)21-14-29-11-4-3-8-22(29)28-21/h5-7,12,14H,3-4,8-11H2,1-2H3,(H,26,31)(H,27,30). The second-order valence-corrected chi connectivity index (χ2v) is 7.99. The molecule has 0 atom stereocenters. The summed E-state index contributed by atoms with van der Waals surface area (Å²) in [6, 6.07) is 9.67. The van der Waals surface area contributed by atoms with E-state index in [-0.39, 0.29) is 23.5 Å². The Morgan fingerprint density at radius 2 is 2.16 bits per heavy atom. The molecule has 0 radical (unpaired) electrons. The number of nitriles is 1. The Morgan fingerprint density at radius 3 is 2.94 bits per heavy atom. The second kappa shape index (κ2) is 8.60. The minimum atomic E-state index is -0.386. The van der Waals surface area contributed by atoms with Gasteiger partial charge in [-0.2, -0.15) is 5.26 Å². The van der Waals surface area contributed by atoms with Gasteiger partial charge in [0, 0.05) is 42.5 Å². The summed E-state index contributed by atoms with van der Waals surface area (Å²) < 4.78 is 2.22. The third-order valence-corrected chi connectivity index (χ3v) is 5.87. The number of rotatable bonds is 5. The van der Waals surface area contributed by atoms with E-state index in [0.29, 0.717) is 17.7 Å². The second-order valence-electron chi connectivity index (χ2n) is 7.99. The van der Waals surface area contributed by atoms with Crippen molar-refractivity contribution in [3.8, 4) is 17.3 Å². The van der Waals surface area contributed by atoms with E-state index in [1.807, 2.05) is 30.3 Å². The quantitative estimate of drug-likeness (QED) is 0.664. The number of hydrogen-bond donors (Lipinski definition) is 2. The molecule has 4 rings (SSSR count). The van der Waals surface area contributed by atoms with Gasteiger partial charge >= 0.3 is 0 Å². The average molecular weight is 415 g/mol. The summed E-state index contributed by atoms with van der Waals surface area (Å²) in [5, 5.41) is 12.2. The van der Waals surface area contributed by atoms with Gasteiger partial charge in [0.05, 0.1) is 5.69 Å². The van der Waals surface area contributed by atoms with E-state index < -0.39 is 0 Å². The summed E-state index contributed by atoms with van der Waals surface area (Å²) in [5.41, 5.74) is 4.52. The lowest BCUT2D eigenvalue weighted by Crippen LogP contribution is -2.18. The summed E-state index contributed by atoms with van der Waals surface area (Å²) in [6.45, 7) is 4.55. The number of nitrogens with zero attached hydrogens (tertiary/aromatic N) is 3. The van der Waals surface area contributed by atoms with Gasteiger partial charge in [0.1, 0.15) is 17.5 Å². The first-order valence-electron chi connectivity index (χ1n) is 10.5. The number of carbonyl (C=O) groups excluding carboxylic acids is 1. The van der Waals surface area contributed by atoms with Crippen molar-refractivity contribution in [1.29, 1.82) is 5.26 Å². The third-order valence-electron chi connectivity index (χ3n) is 5.87. The molecule has 1 amide bonds. The summed E-state index contributed by atoms with van der Waals surface area (Å²) in [7, 11) is 0. The summed E-state index contributed by atoms with van der Waals surface area (Å²) in [4.78, 5) is 31.9. The molecule has 158 valence electrons. The number of amides is 1. The largest absolute Gasteiger partial charge is 0.334 e. The lowest BCUT2D eigenvalue weighted by molar-refractivity contribution is -0.116. The van der Waals surface area contributed by atoms with E-state index in [2.05, 4.69) is 21.1 Å². The molecule has 2 N–H and O–H groups in total. The van der Waals surface area contributed by atoms with E-state index in [1.54, 1.807) is 13.8 Å². The van der Waals surface area contributed by atoms with Crippen LogP contribution < -0.4 is 10.9 Å². The maximum Gasteiger partial charge on any atom is 0.266 e. The van der Waals surface area contributed by atoms with Crippen LogP contribution in [0.2, 0.25) is 0 Å². The van der Waals surface area contributed by atoms with E-state index in [9.17, 15) is 14.9 Å². The van der Waals surface area contributed by atoms with Gasteiger partial charge in [-0.15, -0.1) is 0 Å². The van der Waals surface area contributed by atoms with Crippen molar-refractivity contribution in [2.75, 3.05) is 5.32 Å². The molecule has 1 aromatic carbocycles. The van der Waals surface area contributed by atoms with Crippen LogP contribution in [-0.4, -0.2) is 20.4 Å². The lowest BCUT2D eigenvalue weighted by atomic mass is 9.99. The fraction of sp³-hybridized carbons (Fsp3) is 0.333. The Labute approximate surface area is 180 Å². The predicted molar refractivity (Wildman–Crippen MR) is 119 cm³/mol. The maximum absolute atomic E-state index is 12.6. The van der Waals surface area contributed by atoms with Crippen molar-refractivity contribution in [1.82, 2.24) is 14.5 Å². The van der Waals surface area contributed by atoms with Gasteiger partial charge in [0.15, 0.2) is 0 Å². The normalized spacial score (nSPS) is 12.8. The zero-order valence-corrected chi connectivity index (χ0v) is 17.8. The molecule has 7 nitrogen and oxygen atoms in total.